The third-order valence-corrected chi connectivity index (χ3v) is 5.15. The Morgan fingerprint density at radius 3 is 2.57 bits per heavy atom. The fourth-order valence-electron chi connectivity index (χ4n) is 1.01. The summed E-state index contributed by atoms with van der Waals surface area (Å²) in [6.07, 6.45) is 0. The predicted octanol–water partition coefficient (Wildman–Crippen LogP) is 0.636. The molecule has 0 atom stereocenters. The summed E-state index contributed by atoms with van der Waals surface area (Å²) in [7, 11) is -1.77. The molecule has 2 N–H and O–H groups in total. The lowest BCUT2D eigenvalue weighted by molar-refractivity contribution is 0.478. The van der Waals surface area contributed by atoms with E-state index in [0.717, 1.165) is 4.88 Å². The van der Waals surface area contributed by atoms with E-state index in [9.17, 15) is 8.42 Å². The molecular formula is C8H14N2O2S2. The van der Waals surface area contributed by atoms with Gasteiger partial charge in [-0.2, -0.15) is 4.31 Å². The van der Waals surface area contributed by atoms with E-state index < -0.39 is 10.0 Å². The van der Waals surface area contributed by atoms with Crippen LogP contribution in [0.4, 0.5) is 0 Å². The van der Waals surface area contributed by atoms with E-state index in [-0.39, 0.29) is 0 Å². The first-order valence-electron chi connectivity index (χ1n) is 4.21. The van der Waals surface area contributed by atoms with Gasteiger partial charge in [-0.1, -0.05) is 0 Å². The summed E-state index contributed by atoms with van der Waals surface area (Å²) < 4.78 is 25.3. The standard InChI is InChI=1S/C8H14N2O2S2/c1-7-3-4-8(13-7)14(11,12)10(2)6-5-9/h3-4H,5-6,9H2,1-2H3. The van der Waals surface area contributed by atoms with Gasteiger partial charge in [0.05, 0.1) is 0 Å². The van der Waals surface area contributed by atoms with Gasteiger partial charge in [0.15, 0.2) is 0 Å². The molecule has 1 heterocycles. The van der Waals surface area contributed by atoms with Gasteiger partial charge in [0.1, 0.15) is 4.21 Å². The van der Waals surface area contributed by atoms with Crippen molar-refractivity contribution in [3.05, 3.63) is 17.0 Å². The van der Waals surface area contributed by atoms with Crippen LogP contribution in [0.3, 0.4) is 0 Å². The van der Waals surface area contributed by atoms with E-state index in [1.165, 1.54) is 22.7 Å². The Balaban J connectivity index is 2.96. The Hall–Kier alpha value is -0.430. The topological polar surface area (TPSA) is 63.4 Å². The highest BCUT2D eigenvalue weighted by molar-refractivity contribution is 7.91. The van der Waals surface area contributed by atoms with Crippen molar-refractivity contribution in [1.29, 1.82) is 0 Å². The van der Waals surface area contributed by atoms with E-state index in [2.05, 4.69) is 0 Å². The molecule has 0 saturated carbocycles. The van der Waals surface area contributed by atoms with Crippen LogP contribution in [0, 0.1) is 6.92 Å². The van der Waals surface area contributed by atoms with Crippen LogP contribution in [0.1, 0.15) is 4.88 Å². The van der Waals surface area contributed by atoms with Crippen LogP contribution in [-0.4, -0.2) is 32.9 Å². The third-order valence-electron chi connectivity index (χ3n) is 1.82. The molecule has 4 nitrogen and oxygen atoms in total. The van der Waals surface area contributed by atoms with Gasteiger partial charge in [-0.15, -0.1) is 11.3 Å². The molecule has 0 spiro atoms. The lowest BCUT2D eigenvalue weighted by atomic mass is 10.5. The van der Waals surface area contributed by atoms with E-state index in [1.54, 1.807) is 12.1 Å². The molecule has 0 radical (unpaired) electrons. The van der Waals surface area contributed by atoms with Gasteiger partial charge in [-0.3, -0.25) is 0 Å². The van der Waals surface area contributed by atoms with Crippen LogP contribution in [0.25, 0.3) is 0 Å². The number of aryl methyl sites for hydroxylation is 1. The number of sulfonamides is 1. The van der Waals surface area contributed by atoms with Gasteiger partial charge in [0.2, 0.25) is 0 Å². The van der Waals surface area contributed by atoms with Crippen molar-refractivity contribution in [3.8, 4) is 0 Å². The van der Waals surface area contributed by atoms with Crippen molar-refractivity contribution < 1.29 is 8.42 Å². The average Bonchev–Trinajstić information content (AvgIpc) is 2.52. The number of nitrogens with zero attached hydrogens (tertiary/aromatic N) is 1. The molecule has 80 valence electrons. The highest BCUT2D eigenvalue weighted by atomic mass is 32.2. The molecule has 0 fully saturated rings. The first kappa shape index (κ1) is 11.6. The van der Waals surface area contributed by atoms with Gasteiger partial charge >= 0.3 is 0 Å². The lowest BCUT2D eigenvalue weighted by Gasteiger charge is -2.14. The molecule has 1 rings (SSSR count). The predicted molar refractivity (Wildman–Crippen MR) is 57.9 cm³/mol. The molecule has 0 amide bonds. The normalized spacial score (nSPS) is 12.3. The summed E-state index contributed by atoms with van der Waals surface area (Å²) in [6, 6.07) is 3.43. The van der Waals surface area contributed by atoms with Gasteiger partial charge in [0.25, 0.3) is 10.0 Å². The molecule has 14 heavy (non-hydrogen) atoms. The molecule has 1 aromatic heterocycles. The van der Waals surface area contributed by atoms with E-state index in [0.29, 0.717) is 17.3 Å². The number of rotatable bonds is 4. The lowest BCUT2D eigenvalue weighted by Crippen LogP contribution is -2.31. The number of nitrogens with two attached hydrogens (primary N) is 1. The van der Waals surface area contributed by atoms with Crippen LogP contribution in [0.15, 0.2) is 16.3 Å². The van der Waals surface area contributed by atoms with E-state index in [4.69, 9.17) is 5.73 Å². The zero-order valence-electron chi connectivity index (χ0n) is 8.23. The monoisotopic (exact) mass is 234 g/mol. The number of thiophene rings is 1. The Labute approximate surface area is 88.4 Å². The fraction of sp³-hybridized carbons (Fsp3) is 0.500. The van der Waals surface area contributed by atoms with Crippen LogP contribution in [0.2, 0.25) is 0 Å². The smallest absolute Gasteiger partial charge is 0.252 e. The maximum absolute atomic E-state index is 11.8. The quantitative estimate of drug-likeness (QED) is 0.831. The van der Waals surface area contributed by atoms with E-state index in [1.807, 2.05) is 6.92 Å². The summed E-state index contributed by atoms with van der Waals surface area (Å²) in [5, 5.41) is 0. The number of hydrogen-bond donors (Lipinski definition) is 1. The number of hydrogen-bond acceptors (Lipinski definition) is 4. The highest BCUT2D eigenvalue weighted by Crippen LogP contribution is 2.23. The minimum atomic E-state index is -3.31. The molecule has 1 aromatic rings. The van der Waals surface area contributed by atoms with Gasteiger partial charge < -0.3 is 5.73 Å². The largest absolute Gasteiger partial charge is 0.329 e. The zero-order chi connectivity index (χ0) is 10.8. The molecule has 0 aliphatic heterocycles. The molecule has 0 saturated heterocycles. The Kier molecular flexibility index (Phi) is 3.65. The fourth-order valence-corrected chi connectivity index (χ4v) is 3.69. The van der Waals surface area contributed by atoms with Crippen LogP contribution < -0.4 is 5.73 Å². The third kappa shape index (κ3) is 2.33. The highest BCUT2D eigenvalue weighted by Gasteiger charge is 2.21. The first-order valence-corrected chi connectivity index (χ1v) is 6.47. The molecule has 0 bridgehead atoms. The van der Waals surface area contributed by atoms with Crippen LogP contribution >= 0.6 is 11.3 Å². The van der Waals surface area contributed by atoms with Crippen molar-refractivity contribution >= 4 is 21.4 Å². The molecular weight excluding hydrogens is 220 g/mol. The molecule has 0 unspecified atom stereocenters. The Morgan fingerprint density at radius 2 is 2.14 bits per heavy atom. The maximum atomic E-state index is 11.8. The maximum Gasteiger partial charge on any atom is 0.252 e. The summed E-state index contributed by atoms with van der Waals surface area (Å²) in [6.45, 7) is 2.56. The van der Waals surface area contributed by atoms with Crippen molar-refractivity contribution in [2.75, 3.05) is 20.1 Å². The van der Waals surface area contributed by atoms with Crippen LogP contribution in [-0.2, 0) is 10.0 Å². The Morgan fingerprint density at radius 1 is 1.50 bits per heavy atom. The van der Waals surface area contributed by atoms with Crippen LogP contribution in [0.5, 0.6) is 0 Å². The van der Waals surface area contributed by atoms with Gasteiger partial charge in [0, 0.05) is 25.0 Å². The minimum Gasteiger partial charge on any atom is -0.329 e. The average molecular weight is 234 g/mol. The summed E-state index contributed by atoms with van der Waals surface area (Å²) in [4.78, 5) is 0.990. The second kappa shape index (κ2) is 4.39. The molecule has 0 aliphatic carbocycles. The summed E-state index contributed by atoms with van der Waals surface area (Å²) in [5.41, 5.74) is 5.31. The Bertz CT molecular complexity index is 397. The minimum absolute atomic E-state index is 0.333. The van der Waals surface area contributed by atoms with Gasteiger partial charge in [-0.05, 0) is 19.1 Å². The SMILES string of the molecule is Cc1ccc(S(=O)(=O)N(C)CCN)s1. The molecule has 6 heteroatoms. The second-order valence-corrected chi connectivity index (χ2v) is 6.54. The number of likely N-dealkylation sites (N-methyl/N-ethyl adjacent to an activating group) is 1. The first-order chi connectivity index (χ1) is 6.48. The van der Waals surface area contributed by atoms with Crippen molar-refractivity contribution in [1.82, 2.24) is 4.31 Å². The van der Waals surface area contributed by atoms with Gasteiger partial charge in [-0.25, -0.2) is 8.42 Å². The molecule has 0 aliphatic rings. The summed E-state index contributed by atoms with van der Waals surface area (Å²) in [5.74, 6) is 0. The summed E-state index contributed by atoms with van der Waals surface area (Å²) >= 11 is 1.28. The molecule has 0 aromatic carbocycles. The van der Waals surface area contributed by atoms with Crippen molar-refractivity contribution in [2.45, 2.75) is 11.1 Å². The second-order valence-electron chi connectivity index (χ2n) is 2.98. The van der Waals surface area contributed by atoms with E-state index >= 15 is 0 Å². The van der Waals surface area contributed by atoms with Crippen molar-refractivity contribution in [3.63, 3.8) is 0 Å². The van der Waals surface area contributed by atoms with Crippen molar-refractivity contribution in [2.24, 2.45) is 5.73 Å². The zero-order valence-corrected chi connectivity index (χ0v) is 9.86.